The molecule has 148 valence electrons. The largest absolute Gasteiger partial charge is 0.507 e. The lowest BCUT2D eigenvalue weighted by molar-refractivity contribution is 0.0693. The van der Waals surface area contributed by atoms with Gasteiger partial charge in [0.25, 0.3) is 0 Å². The van der Waals surface area contributed by atoms with Crippen LogP contribution in [-0.2, 0) is 5.41 Å². The molecule has 0 atom stereocenters. The Labute approximate surface area is 175 Å². The van der Waals surface area contributed by atoms with E-state index in [0.717, 1.165) is 22.3 Å². The van der Waals surface area contributed by atoms with Gasteiger partial charge in [0.15, 0.2) is 0 Å². The summed E-state index contributed by atoms with van der Waals surface area (Å²) < 4.78 is 0. The van der Waals surface area contributed by atoms with Crippen LogP contribution in [-0.4, -0.2) is 16.2 Å². The van der Waals surface area contributed by atoms with Gasteiger partial charge in [-0.15, -0.1) is 0 Å². The second-order valence-corrected chi connectivity index (χ2v) is 7.34. The number of carbonyl (C=O) groups is 1. The van der Waals surface area contributed by atoms with Crippen LogP contribution in [0.15, 0.2) is 103 Å². The van der Waals surface area contributed by atoms with Crippen molar-refractivity contribution >= 4 is 5.97 Å². The Bertz CT molecular complexity index is 1070. The fourth-order valence-corrected chi connectivity index (χ4v) is 4.22. The van der Waals surface area contributed by atoms with Crippen molar-refractivity contribution < 1.29 is 15.0 Å². The third-order valence-corrected chi connectivity index (χ3v) is 5.58. The molecule has 3 heteroatoms. The van der Waals surface area contributed by atoms with E-state index in [2.05, 4.69) is 36.4 Å². The first-order valence-corrected chi connectivity index (χ1v) is 9.79. The second-order valence-electron chi connectivity index (χ2n) is 7.34. The predicted octanol–water partition coefficient (Wildman–Crippen LogP) is 5.78. The van der Waals surface area contributed by atoms with Gasteiger partial charge in [-0.25, -0.2) is 4.79 Å². The van der Waals surface area contributed by atoms with E-state index >= 15 is 0 Å². The number of aromatic hydroxyl groups is 1. The van der Waals surface area contributed by atoms with Crippen molar-refractivity contribution in [2.24, 2.45) is 0 Å². The molecule has 3 nitrogen and oxygen atoms in total. The molecule has 2 N–H and O–H groups in total. The summed E-state index contributed by atoms with van der Waals surface area (Å²) in [4.78, 5) is 11.9. The van der Waals surface area contributed by atoms with Crippen molar-refractivity contribution in [2.45, 2.75) is 12.3 Å². The highest BCUT2D eigenvalue weighted by Gasteiger charge is 2.39. The summed E-state index contributed by atoms with van der Waals surface area (Å²) >= 11 is 0. The fraction of sp³-hybridized carbons (Fsp3) is 0.0741. The van der Waals surface area contributed by atoms with Gasteiger partial charge < -0.3 is 10.2 Å². The van der Waals surface area contributed by atoms with Crippen molar-refractivity contribution in [1.82, 2.24) is 0 Å². The molecule has 30 heavy (non-hydrogen) atoms. The van der Waals surface area contributed by atoms with E-state index in [1.54, 1.807) is 13.0 Å². The van der Waals surface area contributed by atoms with E-state index in [1.165, 1.54) is 0 Å². The number of carboxylic acids is 1. The first kappa shape index (κ1) is 19.5. The molecule has 0 aliphatic rings. The normalized spacial score (nSPS) is 11.2. The molecule has 4 rings (SSSR count). The Morgan fingerprint density at radius 1 is 0.667 bits per heavy atom. The molecule has 0 aromatic heterocycles. The summed E-state index contributed by atoms with van der Waals surface area (Å²) in [6.45, 7) is 1.73. The number of aryl methyl sites for hydroxylation is 1. The summed E-state index contributed by atoms with van der Waals surface area (Å²) in [7, 11) is 0. The van der Waals surface area contributed by atoms with Crippen molar-refractivity contribution in [1.29, 1.82) is 0 Å². The maximum atomic E-state index is 11.9. The summed E-state index contributed by atoms with van der Waals surface area (Å²) in [6.07, 6.45) is 0. The van der Waals surface area contributed by atoms with E-state index in [4.69, 9.17) is 0 Å². The molecule has 0 spiro atoms. The van der Waals surface area contributed by atoms with Crippen LogP contribution in [0.2, 0.25) is 0 Å². The van der Waals surface area contributed by atoms with E-state index < -0.39 is 11.4 Å². The summed E-state index contributed by atoms with van der Waals surface area (Å²) in [6, 6.07) is 33.7. The predicted molar refractivity (Wildman–Crippen MR) is 118 cm³/mol. The molecule has 0 saturated heterocycles. The minimum absolute atomic E-state index is 0.0998. The molecule has 0 fully saturated rings. The Hall–Kier alpha value is -3.85. The van der Waals surface area contributed by atoms with Crippen LogP contribution in [0.4, 0.5) is 0 Å². The SMILES string of the molecule is Cc1cc(C(c2ccccc2)(c2ccccc2)c2ccccc2)cc(C(=O)O)c1O. The number of hydrogen-bond donors (Lipinski definition) is 2. The van der Waals surface area contributed by atoms with Gasteiger partial charge in [0.05, 0.1) is 5.41 Å². The molecule has 0 saturated carbocycles. The molecule has 4 aromatic carbocycles. The van der Waals surface area contributed by atoms with Crippen LogP contribution in [0.25, 0.3) is 0 Å². The molecule has 0 aliphatic carbocycles. The van der Waals surface area contributed by atoms with Gasteiger partial charge in [-0.2, -0.15) is 0 Å². The molecule has 4 aromatic rings. The van der Waals surface area contributed by atoms with Gasteiger partial charge in [0.2, 0.25) is 0 Å². The number of rotatable bonds is 5. The third-order valence-electron chi connectivity index (χ3n) is 5.58. The number of aromatic carboxylic acids is 1. The van der Waals surface area contributed by atoms with Crippen LogP contribution in [0.5, 0.6) is 5.75 Å². The molecule has 0 bridgehead atoms. The Balaban J connectivity index is 2.18. The molecule has 0 radical (unpaired) electrons. The summed E-state index contributed by atoms with van der Waals surface area (Å²) in [5.74, 6) is -1.35. The monoisotopic (exact) mass is 394 g/mol. The van der Waals surface area contributed by atoms with Gasteiger partial charge in [-0.3, -0.25) is 0 Å². The van der Waals surface area contributed by atoms with Crippen LogP contribution >= 0.6 is 0 Å². The van der Waals surface area contributed by atoms with Crippen LogP contribution < -0.4 is 0 Å². The number of hydrogen-bond acceptors (Lipinski definition) is 2. The topological polar surface area (TPSA) is 57.5 Å². The molecule has 0 heterocycles. The highest BCUT2D eigenvalue weighted by molar-refractivity contribution is 5.92. The molecule has 0 amide bonds. The lowest BCUT2D eigenvalue weighted by Crippen LogP contribution is -2.31. The third kappa shape index (κ3) is 3.15. The van der Waals surface area contributed by atoms with E-state index in [0.29, 0.717) is 5.56 Å². The molecule has 0 unspecified atom stereocenters. The Morgan fingerprint density at radius 3 is 1.43 bits per heavy atom. The van der Waals surface area contributed by atoms with Gasteiger partial charge in [0.1, 0.15) is 11.3 Å². The standard InChI is InChI=1S/C27H22O3/c1-19-17-23(18-24(25(19)28)26(29)30)27(20-11-5-2-6-12-20,21-13-7-3-8-14-21)22-15-9-4-10-16-22/h2-18,28H,1H3,(H,29,30). The maximum Gasteiger partial charge on any atom is 0.339 e. The minimum Gasteiger partial charge on any atom is -0.507 e. The van der Waals surface area contributed by atoms with Gasteiger partial charge in [-0.05, 0) is 40.8 Å². The average molecular weight is 394 g/mol. The van der Waals surface area contributed by atoms with Gasteiger partial charge in [-0.1, -0.05) is 97.1 Å². The first-order chi connectivity index (χ1) is 14.5. The lowest BCUT2D eigenvalue weighted by atomic mass is 9.64. The van der Waals surface area contributed by atoms with Crippen molar-refractivity contribution in [3.05, 3.63) is 137 Å². The first-order valence-electron chi connectivity index (χ1n) is 9.79. The Morgan fingerprint density at radius 2 is 1.07 bits per heavy atom. The van der Waals surface area contributed by atoms with Crippen LogP contribution in [0.1, 0.15) is 38.2 Å². The van der Waals surface area contributed by atoms with E-state index in [-0.39, 0.29) is 11.3 Å². The molecular weight excluding hydrogens is 372 g/mol. The zero-order chi connectivity index (χ0) is 21.1. The highest BCUT2D eigenvalue weighted by atomic mass is 16.4. The van der Waals surface area contributed by atoms with Gasteiger partial charge in [0, 0.05) is 0 Å². The fourth-order valence-electron chi connectivity index (χ4n) is 4.22. The zero-order valence-corrected chi connectivity index (χ0v) is 16.6. The lowest BCUT2D eigenvalue weighted by Gasteiger charge is -2.37. The zero-order valence-electron chi connectivity index (χ0n) is 16.6. The highest BCUT2D eigenvalue weighted by Crippen LogP contribution is 2.46. The smallest absolute Gasteiger partial charge is 0.339 e. The van der Waals surface area contributed by atoms with Crippen LogP contribution in [0.3, 0.4) is 0 Å². The molecular formula is C27H22O3. The average Bonchev–Trinajstić information content (AvgIpc) is 2.78. The Kier molecular flexibility index (Phi) is 5.11. The quantitative estimate of drug-likeness (QED) is 0.422. The summed E-state index contributed by atoms with van der Waals surface area (Å²) in [5, 5.41) is 20.1. The van der Waals surface area contributed by atoms with E-state index in [9.17, 15) is 15.0 Å². The minimum atomic E-state index is -1.15. The van der Waals surface area contributed by atoms with Crippen molar-refractivity contribution in [2.75, 3.05) is 0 Å². The number of benzene rings is 4. The molecule has 0 aliphatic heterocycles. The van der Waals surface area contributed by atoms with Gasteiger partial charge >= 0.3 is 5.97 Å². The van der Waals surface area contributed by atoms with Crippen molar-refractivity contribution in [3.63, 3.8) is 0 Å². The second kappa shape index (κ2) is 7.88. The number of carboxylic acid groups (broad SMARTS) is 1. The van der Waals surface area contributed by atoms with E-state index in [1.807, 2.05) is 60.7 Å². The van der Waals surface area contributed by atoms with Crippen molar-refractivity contribution in [3.8, 4) is 5.75 Å². The number of phenols is 1. The summed E-state index contributed by atoms with van der Waals surface area (Å²) in [5.41, 5.74) is 3.52. The maximum absolute atomic E-state index is 11.9. The van der Waals surface area contributed by atoms with Crippen LogP contribution in [0, 0.1) is 6.92 Å².